The summed E-state index contributed by atoms with van der Waals surface area (Å²) < 4.78 is 3.67. The lowest BCUT2D eigenvalue weighted by Gasteiger charge is -2.23. The summed E-state index contributed by atoms with van der Waals surface area (Å²) in [6.07, 6.45) is 7.78. The van der Waals surface area contributed by atoms with Crippen LogP contribution in [0.2, 0.25) is 0 Å². The SMILES string of the molecule is ClCCc1nc2cc(I)ccc2n1CC1CCCCC1. The fraction of sp³-hybridized carbons (Fsp3) is 0.562. The quantitative estimate of drug-likeness (QED) is 0.520. The molecule has 4 heteroatoms. The molecule has 2 aromatic rings. The number of imidazole rings is 1. The van der Waals surface area contributed by atoms with Crippen LogP contribution in [0.1, 0.15) is 37.9 Å². The van der Waals surface area contributed by atoms with Crippen molar-refractivity contribution in [2.24, 2.45) is 5.92 Å². The third-order valence-corrected chi connectivity index (χ3v) is 5.13. The summed E-state index contributed by atoms with van der Waals surface area (Å²) in [5.41, 5.74) is 2.39. The van der Waals surface area contributed by atoms with Crippen LogP contribution >= 0.6 is 34.2 Å². The van der Waals surface area contributed by atoms with Gasteiger partial charge in [0.15, 0.2) is 0 Å². The Hall–Kier alpha value is -0.290. The topological polar surface area (TPSA) is 17.8 Å². The van der Waals surface area contributed by atoms with Crippen molar-refractivity contribution < 1.29 is 0 Å². The highest BCUT2D eigenvalue weighted by molar-refractivity contribution is 14.1. The van der Waals surface area contributed by atoms with Crippen LogP contribution in [0.25, 0.3) is 11.0 Å². The molecule has 108 valence electrons. The third kappa shape index (κ3) is 3.14. The lowest BCUT2D eigenvalue weighted by molar-refractivity contribution is 0.319. The van der Waals surface area contributed by atoms with E-state index >= 15 is 0 Å². The van der Waals surface area contributed by atoms with Crippen LogP contribution < -0.4 is 0 Å². The number of hydrogen-bond donors (Lipinski definition) is 0. The highest BCUT2D eigenvalue weighted by atomic mass is 127. The Morgan fingerprint density at radius 1 is 1.25 bits per heavy atom. The molecule has 3 rings (SSSR count). The Balaban J connectivity index is 1.95. The maximum absolute atomic E-state index is 5.95. The van der Waals surface area contributed by atoms with Gasteiger partial charge >= 0.3 is 0 Å². The van der Waals surface area contributed by atoms with Crippen molar-refractivity contribution in [2.75, 3.05) is 5.88 Å². The standard InChI is InChI=1S/C16H20ClIN2/c17-9-8-16-19-14-10-13(18)6-7-15(14)20(16)11-12-4-2-1-3-5-12/h6-7,10,12H,1-5,8-9,11H2. The number of aryl methyl sites for hydroxylation is 1. The Bertz CT molecular complexity index is 587. The van der Waals surface area contributed by atoms with Crippen LogP contribution in [-0.4, -0.2) is 15.4 Å². The highest BCUT2D eigenvalue weighted by Crippen LogP contribution is 2.28. The first-order valence-corrected chi connectivity index (χ1v) is 9.10. The summed E-state index contributed by atoms with van der Waals surface area (Å²) in [4.78, 5) is 4.80. The van der Waals surface area contributed by atoms with Gasteiger partial charge in [-0.2, -0.15) is 0 Å². The van der Waals surface area contributed by atoms with Crippen molar-refractivity contribution >= 4 is 45.2 Å². The van der Waals surface area contributed by atoms with Crippen LogP contribution in [0.3, 0.4) is 0 Å². The van der Waals surface area contributed by atoms with Crippen LogP contribution in [0.5, 0.6) is 0 Å². The van der Waals surface area contributed by atoms with Crippen molar-refractivity contribution in [2.45, 2.75) is 45.1 Å². The lowest BCUT2D eigenvalue weighted by atomic mass is 9.89. The Morgan fingerprint density at radius 2 is 2.05 bits per heavy atom. The van der Waals surface area contributed by atoms with E-state index in [0.717, 1.165) is 30.2 Å². The molecule has 0 saturated heterocycles. The molecule has 0 radical (unpaired) electrons. The van der Waals surface area contributed by atoms with Gasteiger partial charge in [-0.15, -0.1) is 11.6 Å². The van der Waals surface area contributed by atoms with Crippen LogP contribution in [0.15, 0.2) is 18.2 Å². The molecule has 0 spiro atoms. The molecule has 1 fully saturated rings. The summed E-state index contributed by atoms with van der Waals surface area (Å²) >= 11 is 8.31. The van der Waals surface area contributed by atoms with Crippen molar-refractivity contribution in [1.29, 1.82) is 0 Å². The number of halogens is 2. The molecule has 20 heavy (non-hydrogen) atoms. The molecule has 0 amide bonds. The molecule has 1 saturated carbocycles. The summed E-state index contributed by atoms with van der Waals surface area (Å²) in [6.45, 7) is 1.11. The van der Waals surface area contributed by atoms with E-state index in [9.17, 15) is 0 Å². The Labute approximate surface area is 139 Å². The Morgan fingerprint density at radius 3 is 2.80 bits per heavy atom. The van der Waals surface area contributed by atoms with Crippen LogP contribution in [-0.2, 0) is 13.0 Å². The molecule has 0 atom stereocenters. The van der Waals surface area contributed by atoms with Crippen LogP contribution in [0, 0.1) is 9.49 Å². The summed E-state index contributed by atoms with van der Waals surface area (Å²) in [5.74, 6) is 2.61. The van der Waals surface area contributed by atoms with Crippen molar-refractivity contribution in [3.63, 3.8) is 0 Å². The van der Waals surface area contributed by atoms with Gasteiger partial charge in [0.2, 0.25) is 0 Å². The molecule has 0 N–H and O–H groups in total. The second-order valence-electron chi connectivity index (χ2n) is 5.71. The fourth-order valence-corrected chi connectivity index (χ4v) is 3.90. The van der Waals surface area contributed by atoms with Gasteiger partial charge < -0.3 is 4.57 Å². The number of alkyl halides is 1. The maximum Gasteiger partial charge on any atom is 0.111 e. The molecule has 0 aliphatic heterocycles. The molecule has 0 unspecified atom stereocenters. The first-order chi connectivity index (χ1) is 9.78. The van der Waals surface area contributed by atoms with E-state index in [1.54, 1.807) is 0 Å². The second-order valence-corrected chi connectivity index (χ2v) is 7.34. The summed E-state index contributed by atoms with van der Waals surface area (Å²) in [6, 6.07) is 6.56. The molecule has 1 aliphatic rings. The van der Waals surface area contributed by atoms with E-state index in [1.807, 2.05) is 0 Å². The number of hydrogen-bond acceptors (Lipinski definition) is 1. The van der Waals surface area contributed by atoms with Gasteiger partial charge in [-0.05, 0) is 59.5 Å². The van der Waals surface area contributed by atoms with Gasteiger partial charge in [-0.1, -0.05) is 19.3 Å². The van der Waals surface area contributed by atoms with Crippen molar-refractivity contribution in [3.05, 3.63) is 27.6 Å². The zero-order valence-electron chi connectivity index (χ0n) is 11.6. The number of nitrogens with zero attached hydrogens (tertiary/aromatic N) is 2. The van der Waals surface area contributed by atoms with Gasteiger partial charge in [0, 0.05) is 22.4 Å². The minimum absolute atomic E-state index is 0.644. The largest absolute Gasteiger partial charge is 0.328 e. The molecular formula is C16H20ClIN2. The van der Waals surface area contributed by atoms with Gasteiger partial charge in [-0.3, -0.25) is 0 Å². The molecule has 2 nitrogen and oxygen atoms in total. The minimum atomic E-state index is 0.644. The molecule has 1 heterocycles. The lowest BCUT2D eigenvalue weighted by Crippen LogP contribution is -2.16. The maximum atomic E-state index is 5.95. The van der Waals surface area contributed by atoms with E-state index in [4.69, 9.17) is 16.6 Å². The first-order valence-electron chi connectivity index (χ1n) is 7.48. The number of benzene rings is 1. The van der Waals surface area contributed by atoms with Gasteiger partial charge in [0.05, 0.1) is 11.0 Å². The molecule has 1 aromatic heterocycles. The van der Waals surface area contributed by atoms with E-state index < -0.39 is 0 Å². The number of rotatable bonds is 4. The smallest absolute Gasteiger partial charge is 0.111 e. The van der Waals surface area contributed by atoms with Crippen molar-refractivity contribution in [1.82, 2.24) is 9.55 Å². The molecule has 0 bridgehead atoms. The van der Waals surface area contributed by atoms with E-state index in [2.05, 4.69) is 45.4 Å². The summed E-state index contributed by atoms with van der Waals surface area (Å²) in [5, 5.41) is 0. The highest BCUT2D eigenvalue weighted by Gasteiger charge is 2.18. The number of aromatic nitrogens is 2. The van der Waals surface area contributed by atoms with Crippen LogP contribution in [0.4, 0.5) is 0 Å². The normalized spacial score (nSPS) is 16.9. The van der Waals surface area contributed by atoms with Gasteiger partial charge in [-0.25, -0.2) is 4.98 Å². The third-order valence-electron chi connectivity index (χ3n) is 4.27. The first kappa shape index (κ1) is 14.6. The monoisotopic (exact) mass is 402 g/mol. The van der Waals surface area contributed by atoms with E-state index in [1.165, 1.54) is 41.2 Å². The van der Waals surface area contributed by atoms with Crippen molar-refractivity contribution in [3.8, 4) is 0 Å². The Kier molecular flexibility index (Phi) is 4.87. The van der Waals surface area contributed by atoms with Gasteiger partial charge in [0.25, 0.3) is 0 Å². The predicted molar refractivity (Wildman–Crippen MR) is 93.4 cm³/mol. The van der Waals surface area contributed by atoms with Gasteiger partial charge in [0.1, 0.15) is 5.82 Å². The molecular weight excluding hydrogens is 383 g/mol. The average Bonchev–Trinajstić information content (AvgIpc) is 2.77. The number of fused-ring (bicyclic) bond motifs is 1. The zero-order valence-corrected chi connectivity index (χ0v) is 14.5. The molecule has 1 aromatic carbocycles. The second kappa shape index (κ2) is 6.65. The fourth-order valence-electron chi connectivity index (χ4n) is 3.26. The summed E-state index contributed by atoms with van der Waals surface area (Å²) in [7, 11) is 0. The predicted octanol–water partition coefficient (Wildman–Crippen LogP) is 5.00. The van der Waals surface area contributed by atoms with E-state index in [-0.39, 0.29) is 0 Å². The zero-order chi connectivity index (χ0) is 13.9. The van der Waals surface area contributed by atoms with E-state index in [0.29, 0.717) is 5.88 Å². The average molecular weight is 403 g/mol. The minimum Gasteiger partial charge on any atom is -0.328 e. The molecule has 1 aliphatic carbocycles.